The van der Waals surface area contributed by atoms with Crippen LogP contribution in [-0.4, -0.2) is 57.7 Å². The zero-order valence-corrected chi connectivity index (χ0v) is 15.5. The van der Waals surface area contributed by atoms with Gasteiger partial charge >= 0.3 is 0 Å². The van der Waals surface area contributed by atoms with Crippen LogP contribution in [-0.2, 0) is 4.79 Å². The third-order valence-electron chi connectivity index (χ3n) is 4.83. The molecule has 1 amide bonds. The number of carbonyl (C=O) groups excluding carboxylic acids is 1. The number of piperidine rings is 1. The quantitative estimate of drug-likeness (QED) is 0.857. The van der Waals surface area contributed by atoms with Gasteiger partial charge in [-0.1, -0.05) is 30.3 Å². The van der Waals surface area contributed by atoms with Crippen LogP contribution in [0.3, 0.4) is 0 Å². The Labute approximate surface area is 149 Å². The first kappa shape index (κ1) is 17.6. The summed E-state index contributed by atoms with van der Waals surface area (Å²) in [5, 5.41) is 4.52. The van der Waals surface area contributed by atoms with E-state index in [-0.39, 0.29) is 18.0 Å². The number of carbonyl (C=O) groups is 1. The van der Waals surface area contributed by atoms with E-state index < -0.39 is 0 Å². The van der Waals surface area contributed by atoms with E-state index in [1.54, 1.807) is 0 Å². The van der Waals surface area contributed by atoms with Crippen LogP contribution in [0.2, 0.25) is 0 Å². The largest absolute Gasteiger partial charge is 0.339 e. The second-order valence-corrected chi connectivity index (χ2v) is 7.01. The van der Waals surface area contributed by atoms with E-state index in [0.717, 1.165) is 36.6 Å². The third-order valence-corrected chi connectivity index (χ3v) is 4.83. The maximum Gasteiger partial charge on any atom is 0.244 e. The van der Waals surface area contributed by atoms with Crippen LogP contribution in [0.15, 0.2) is 30.3 Å². The molecule has 2 atom stereocenters. The first-order valence-electron chi connectivity index (χ1n) is 8.87. The van der Waals surface area contributed by atoms with Crippen LogP contribution < -0.4 is 0 Å². The summed E-state index contributed by atoms with van der Waals surface area (Å²) in [5.74, 6) is 1.87. The lowest BCUT2D eigenvalue weighted by atomic mass is 10.0. The minimum absolute atomic E-state index is 0.162. The number of nitrogens with zero attached hydrogens (tertiary/aromatic N) is 5. The topological polar surface area (TPSA) is 54.3 Å². The lowest BCUT2D eigenvalue weighted by Gasteiger charge is -2.36. The van der Waals surface area contributed by atoms with Gasteiger partial charge in [-0.3, -0.25) is 9.69 Å². The molecule has 0 N–H and O–H groups in total. The molecule has 1 saturated heterocycles. The fourth-order valence-electron chi connectivity index (χ4n) is 3.71. The summed E-state index contributed by atoms with van der Waals surface area (Å²) in [6, 6.07) is 9.95. The van der Waals surface area contributed by atoms with Gasteiger partial charge in [0.15, 0.2) is 0 Å². The number of amides is 1. The van der Waals surface area contributed by atoms with Crippen LogP contribution in [0, 0.1) is 13.8 Å². The van der Waals surface area contributed by atoms with Crippen LogP contribution in [0.1, 0.15) is 42.1 Å². The fourth-order valence-corrected chi connectivity index (χ4v) is 3.71. The van der Waals surface area contributed by atoms with Gasteiger partial charge in [-0.05, 0) is 46.3 Å². The molecule has 0 unspecified atom stereocenters. The van der Waals surface area contributed by atoms with Crippen molar-refractivity contribution in [2.75, 3.05) is 27.2 Å². The summed E-state index contributed by atoms with van der Waals surface area (Å²) in [6.07, 6.45) is 2.02. The van der Waals surface area contributed by atoms with Gasteiger partial charge in [0.1, 0.15) is 17.7 Å². The molecule has 134 valence electrons. The van der Waals surface area contributed by atoms with E-state index in [4.69, 9.17) is 0 Å². The molecule has 25 heavy (non-hydrogen) atoms. The normalized spacial score (nSPS) is 19.2. The van der Waals surface area contributed by atoms with Crippen molar-refractivity contribution in [2.45, 2.75) is 38.8 Å². The van der Waals surface area contributed by atoms with E-state index in [0.29, 0.717) is 6.54 Å². The van der Waals surface area contributed by atoms with Crippen molar-refractivity contribution in [3.05, 3.63) is 47.5 Å². The Morgan fingerprint density at radius 2 is 1.96 bits per heavy atom. The average Bonchev–Trinajstić information content (AvgIpc) is 2.94. The summed E-state index contributed by atoms with van der Waals surface area (Å²) in [7, 11) is 3.92. The molecule has 1 fully saturated rings. The van der Waals surface area contributed by atoms with Crippen LogP contribution >= 0.6 is 0 Å². The van der Waals surface area contributed by atoms with Crippen LogP contribution in [0.5, 0.6) is 0 Å². The van der Waals surface area contributed by atoms with E-state index >= 15 is 0 Å². The molecular weight excluding hydrogens is 314 g/mol. The van der Waals surface area contributed by atoms with Gasteiger partial charge in [0, 0.05) is 13.1 Å². The maximum absolute atomic E-state index is 13.2. The Balaban J connectivity index is 1.80. The zero-order valence-electron chi connectivity index (χ0n) is 15.5. The Bertz CT molecular complexity index is 725. The molecule has 6 nitrogen and oxygen atoms in total. The molecule has 1 aliphatic rings. The smallest absolute Gasteiger partial charge is 0.244 e. The first-order valence-corrected chi connectivity index (χ1v) is 8.87. The molecule has 0 spiro atoms. The Kier molecular flexibility index (Phi) is 5.18. The number of hydrogen-bond acceptors (Lipinski definition) is 4. The van der Waals surface area contributed by atoms with Crippen molar-refractivity contribution in [1.29, 1.82) is 0 Å². The van der Waals surface area contributed by atoms with Gasteiger partial charge in [-0.25, -0.2) is 9.67 Å². The molecule has 0 radical (unpaired) electrons. The van der Waals surface area contributed by atoms with Crippen LogP contribution in [0.25, 0.3) is 0 Å². The van der Waals surface area contributed by atoms with Gasteiger partial charge in [0.05, 0.1) is 6.04 Å². The molecule has 0 aliphatic carbocycles. The predicted molar refractivity (Wildman–Crippen MR) is 97.2 cm³/mol. The summed E-state index contributed by atoms with van der Waals surface area (Å²) in [5.41, 5.74) is 1.03. The van der Waals surface area contributed by atoms with E-state index in [1.165, 1.54) is 0 Å². The van der Waals surface area contributed by atoms with Crippen molar-refractivity contribution < 1.29 is 4.79 Å². The molecule has 0 bridgehead atoms. The third kappa shape index (κ3) is 3.74. The zero-order chi connectivity index (χ0) is 18.0. The lowest BCUT2D eigenvalue weighted by molar-refractivity contribution is -0.138. The second-order valence-electron chi connectivity index (χ2n) is 7.01. The highest BCUT2D eigenvalue weighted by molar-refractivity contribution is 5.83. The Hall–Kier alpha value is -2.21. The minimum Gasteiger partial charge on any atom is -0.339 e. The molecule has 2 aromatic rings. The van der Waals surface area contributed by atoms with Crippen molar-refractivity contribution in [3.8, 4) is 0 Å². The van der Waals surface area contributed by atoms with Gasteiger partial charge in [-0.2, -0.15) is 5.10 Å². The summed E-state index contributed by atoms with van der Waals surface area (Å²) in [6.45, 7) is 5.39. The summed E-state index contributed by atoms with van der Waals surface area (Å²) in [4.78, 5) is 21.6. The molecule has 0 saturated carbocycles. The monoisotopic (exact) mass is 341 g/mol. The van der Waals surface area contributed by atoms with E-state index in [9.17, 15) is 4.79 Å². The maximum atomic E-state index is 13.2. The number of benzene rings is 1. The van der Waals surface area contributed by atoms with Gasteiger partial charge in [0.2, 0.25) is 5.91 Å². The fraction of sp³-hybridized carbons (Fsp3) is 0.526. The number of hydrogen-bond donors (Lipinski definition) is 0. The van der Waals surface area contributed by atoms with Gasteiger partial charge in [0.25, 0.3) is 0 Å². The number of aromatic nitrogens is 3. The molecular formula is C19H27N5O. The summed E-state index contributed by atoms with van der Waals surface area (Å²) < 4.78 is 1.99. The van der Waals surface area contributed by atoms with Crippen molar-refractivity contribution in [1.82, 2.24) is 24.6 Å². The SMILES string of the molecule is Cc1nc(C)n([C@@H]2CCCN(C(=O)[C@@H](c3ccccc3)N(C)C)C2)n1. The highest BCUT2D eigenvalue weighted by atomic mass is 16.2. The van der Waals surface area contributed by atoms with E-state index in [1.807, 2.05) is 72.8 Å². The molecule has 1 aliphatic heterocycles. The first-order chi connectivity index (χ1) is 12.0. The Morgan fingerprint density at radius 1 is 1.24 bits per heavy atom. The highest BCUT2D eigenvalue weighted by Gasteiger charge is 2.32. The van der Waals surface area contributed by atoms with Gasteiger partial charge in [-0.15, -0.1) is 0 Å². The predicted octanol–water partition coefficient (Wildman–Crippen LogP) is 2.36. The van der Waals surface area contributed by atoms with Crippen molar-refractivity contribution >= 4 is 5.91 Å². The minimum atomic E-state index is -0.251. The molecule has 1 aromatic heterocycles. The van der Waals surface area contributed by atoms with E-state index in [2.05, 4.69) is 10.1 Å². The lowest BCUT2D eigenvalue weighted by Crippen LogP contribution is -2.46. The number of likely N-dealkylation sites (N-methyl/N-ethyl adjacent to an activating group) is 1. The van der Waals surface area contributed by atoms with Gasteiger partial charge < -0.3 is 4.90 Å². The Morgan fingerprint density at radius 3 is 2.56 bits per heavy atom. The molecule has 6 heteroatoms. The molecule has 2 heterocycles. The van der Waals surface area contributed by atoms with Crippen molar-refractivity contribution in [2.24, 2.45) is 0 Å². The standard InChI is InChI=1S/C19H27N5O/c1-14-20-15(2)24(21-14)17-11-8-12-23(13-17)19(25)18(22(3)4)16-9-6-5-7-10-16/h5-7,9-10,17-18H,8,11-13H2,1-4H3/t17-,18-/m1/s1. The number of likely N-dealkylation sites (tertiary alicyclic amines) is 1. The van der Waals surface area contributed by atoms with Crippen LogP contribution in [0.4, 0.5) is 0 Å². The average molecular weight is 341 g/mol. The summed E-state index contributed by atoms with van der Waals surface area (Å²) >= 11 is 0. The number of rotatable bonds is 4. The molecule has 1 aromatic carbocycles. The molecule has 3 rings (SSSR count). The number of aryl methyl sites for hydroxylation is 2. The van der Waals surface area contributed by atoms with Crippen molar-refractivity contribution in [3.63, 3.8) is 0 Å². The highest BCUT2D eigenvalue weighted by Crippen LogP contribution is 2.27. The second kappa shape index (κ2) is 7.35.